The van der Waals surface area contributed by atoms with Gasteiger partial charge in [-0.2, -0.15) is 5.10 Å². The van der Waals surface area contributed by atoms with Crippen molar-refractivity contribution in [1.82, 2.24) is 5.43 Å². The molecular formula is C10H9N3. The Morgan fingerprint density at radius 1 is 1.31 bits per heavy atom. The minimum Gasteiger partial charge on any atom is -0.305 e. The minimum atomic E-state index is 0.204. The topological polar surface area (TPSA) is 27.6 Å². The number of hydrogen-bond acceptors (Lipinski definition) is 3. The fourth-order valence-electron chi connectivity index (χ4n) is 1.71. The lowest BCUT2D eigenvalue weighted by Crippen LogP contribution is -2.36. The van der Waals surface area contributed by atoms with Gasteiger partial charge in [0, 0.05) is 0 Å². The molecule has 3 nitrogen and oxygen atoms in total. The van der Waals surface area contributed by atoms with Crippen LogP contribution in [0.4, 0.5) is 5.69 Å². The Balaban J connectivity index is 2.17. The standard InChI is InChI=1S/C10H9N3/c1-2-4-9-8(3-1)5-6-10-12-11-7-13(9)10/h1-7,10,12H. The van der Waals surface area contributed by atoms with Gasteiger partial charge in [0.1, 0.15) is 12.5 Å². The third-order valence-electron chi connectivity index (χ3n) is 2.36. The highest BCUT2D eigenvalue weighted by Crippen LogP contribution is 2.27. The summed E-state index contributed by atoms with van der Waals surface area (Å²) in [5, 5.41) is 4.03. The van der Waals surface area contributed by atoms with Gasteiger partial charge in [0.2, 0.25) is 0 Å². The zero-order chi connectivity index (χ0) is 8.67. The lowest BCUT2D eigenvalue weighted by Gasteiger charge is -2.26. The minimum absolute atomic E-state index is 0.204. The number of fused-ring (bicyclic) bond motifs is 3. The molecule has 1 aromatic carbocycles. The molecule has 3 heteroatoms. The lowest BCUT2D eigenvalue weighted by atomic mass is 10.1. The first-order chi connectivity index (χ1) is 6.45. The van der Waals surface area contributed by atoms with Crippen LogP contribution in [0.5, 0.6) is 0 Å². The summed E-state index contributed by atoms with van der Waals surface area (Å²) in [6, 6.07) is 8.30. The van der Waals surface area contributed by atoms with Gasteiger partial charge in [-0.3, -0.25) is 5.43 Å². The highest BCUT2D eigenvalue weighted by Gasteiger charge is 2.23. The van der Waals surface area contributed by atoms with Crippen molar-refractivity contribution in [3.8, 4) is 0 Å². The fourth-order valence-corrected chi connectivity index (χ4v) is 1.71. The monoisotopic (exact) mass is 171 g/mol. The number of hydrazone groups is 1. The first-order valence-electron chi connectivity index (χ1n) is 4.29. The number of benzene rings is 1. The number of nitrogens with one attached hydrogen (secondary N) is 1. The van der Waals surface area contributed by atoms with E-state index in [0.717, 1.165) is 0 Å². The van der Waals surface area contributed by atoms with Crippen LogP contribution in [0.15, 0.2) is 35.4 Å². The second-order valence-electron chi connectivity index (χ2n) is 3.14. The number of para-hydroxylation sites is 1. The van der Waals surface area contributed by atoms with Gasteiger partial charge < -0.3 is 4.90 Å². The van der Waals surface area contributed by atoms with Crippen molar-refractivity contribution in [2.24, 2.45) is 5.10 Å². The summed E-state index contributed by atoms with van der Waals surface area (Å²) in [6.45, 7) is 0. The van der Waals surface area contributed by atoms with Gasteiger partial charge in [-0.25, -0.2) is 0 Å². The van der Waals surface area contributed by atoms with Crippen LogP contribution in [-0.2, 0) is 0 Å². The second-order valence-corrected chi connectivity index (χ2v) is 3.14. The van der Waals surface area contributed by atoms with Crippen LogP contribution >= 0.6 is 0 Å². The molecule has 0 aliphatic carbocycles. The van der Waals surface area contributed by atoms with Crippen LogP contribution in [0.2, 0.25) is 0 Å². The first kappa shape index (κ1) is 6.71. The smallest absolute Gasteiger partial charge is 0.140 e. The van der Waals surface area contributed by atoms with Crippen molar-refractivity contribution >= 4 is 18.1 Å². The number of nitrogens with zero attached hydrogens (tertiary/aromatic N) is 2. The van der Waals surface area contributed by atoms with E-state index in [0.29, 0.717) is 0 Å². The van der Waals surface area contributed by atoms with Crippen molar-refractivity contribution < 1.29 is 0 Å². The van der Waals surface area contributed by atoms with Gasteiger partial charge in [-0.05, 0) is 17.7 Å². The average Bonchev–Trinajstić information content (AvgIpc) is 2.65. The molecule has 0 saturated heterocycles. The molecule has 2 aliphatic rings. The van der Waals surface area contributed by atoms with E-state index in [1.165, 1.54) is 11.3 Å². The molecular weight excluding hydrogens is 162 g/mol. The Hall–Kier alpha value is -1.77. The van der Waals surface area contributed by atoms with Gasteiger partial charge in [-0.15, -0.1) is 0 Å². The van der Waals surface area contributed by atoms with Gasteiger partial charge in [0.25, 0.3) is 0 Å². The Morgan fingerprint density at radius 2 is 2.23 bits per heavy atom. The lowest BCUT2D eigenvalue weighted by molar-refractivity contribution is 0.686. The van der Waals surface area contributed by atoms with Gasteiger partial charge >= 0.3 is 0 Å². The normalized spacial score (nSPS) is 22.5. The molecule has 0 fully saturated rings. The van der Waals surface area contributed by atoms with E-state index in [2.05, 4.69) is 39.7 Å². The highest BCUT2D eigenvalue weighted by atomic mass is 15.5. The van der Waals surface area contributed by atoms with Gasteiger partial charge in [0.15, 0.2) is 0 Å². The molecule has 0 bridgehead atoms. The maximum atomic E-state index is 4.03. The van der Waals surface area contributed by atoms with Crippen LogP contribution in [-0.4, -0.2) is 12.5 Å². The molecule has 1 N–H and O–H groups in total. The maximum absolute atomic E-state index is 4.03. The number of rotatable bonds is 0. The van der Waals surface area contributed by atoms with Crippen molar-refractivity contribution in [1.29, 1.82) is 0 Å². The molecule has 0 amide bonds. The average molecular weight is 171 g/mol. The third-order valence-corrected chi connectivity index (χ3v) is 2.36. The van der Waals surface area contributed by atoms with E-state index in [4.69, 9.17) is 0 Å². The van der Waals surface area contributed by atoms with Crippen molar-refractivity contribution in [3.63, 3.8) is 0 Å². The van der Waals surface area contributed by atoms with Crippen LogP contribution in [0, 0.1) is 0 Å². The number of anilines is 1. The largest absolute Gasteiger partial charge is 0.305 e. The summed E-state index contributed by atoms with van der Waals surface area (Å²) < 4.78 is 0. The molecule has 0 spiro atoms. The van der Waals surface area contributed by atoms with Crippen LogP contribution < -0.4 is 10.3 Å². The molecule has 1 unspecified atom stereocenters. The summed E-state index contributed by atoms with van der Waals surface area (Å²) in [4.78, 5) is 2.12. The zero-order valence-electron chi connectivity index (χ0n) is 7.01. The molecule has 13 heavy (non-hydrogen) atoms. The summed E-state index contributed by atoms with van der Waals surface area (Å²) in [7, 11) is 0. The fraction of sp³-hybridized carbons (Fsp3) is 0.100. The predicted molar refractivity (Wildman–Crippen MR) is 53.4 cm³/mol. The maximum Gasteiger partial charge on any atom is 0.140 e. The van der Waals surface area contributed by atoms with Crippen LogP contribution in [0.25, 0.3) is 6.08 Å². The van der Waals surface area contributed by atoms with E-state index >= 15 is 0 Å². The summed E-state index contributed by atoms with van der Waals surface area (Å²) >= 11 is 0. The first-order valence-corrected chi connectivity index (χ1v) is 4.29. The van der Waals surface area contributed by atoms with Crippen molar-refractivity contribution in [3.05, 3.63) is 35.9 Å². The third kappa shape index (κ3) is 0.869. The molecule has 0 saturated carbocycles. The predicted octanol–water partition coefficient (Wildman–Crippen LogP) is 1.39. The van der Waals surface area contributed by atoms with E-state index in [-0.39, 0.29) is 6.17 Å². The molecule has 3 rings (SSSR count). The Kier molecular flexibility index (Phi) is 1.22. The molecule has 0 radical (unpaired) electrons. The highest BCUT2D eigenvalue weighted by molar-refractivity contribution is 5.88. The molecule has 2 aliphatic heterocycles. The van der Waals surface area contributed by atoms with E-state index in [9.17, 15) is 0 Å². The summed E-state index contributed by atoms with van der Waals surface area (Å²) in [6.07, 6.45) is 6.26. The van der Waals surface area contributed by atoms with Gasteiger partial charge in [-0.1, -0.05) is 24.3 Å². The molecule has 2 heterocycles. The number of hydrogen-bond donors (Lipinski definition) is 1. The summed E-state index contributed by atoms with van der Waals surface area (Å²) in [5.74, 6) is 0. The van der Waals surface area contributed by atoms with E-state index < -0.39 is 0 Å². The van der Waals surface area contributed by atoms with Crippen LogP contribution in [0.1, 0.15) is 5.56 Å². The Morgan fingerprint density at radius 3 is 3.23 bits per heavy atom. The Labute approximate surface area is 76.4 Å². The molecule has 1 atom stereocenters. The Bertz CT molecular complexity index is 395. The SMILES string of the molecule is C1=CC2NN=CN2c2ccccc21. The molecule has 64 valence electrons. The summed E-state index contributed by atoms with van der Waals surface area (Å²) in [5.41, 5.74) is 5.46. The van der Waals surface area contributed by atoms with Crippen LogP contribution in [0.3, 0.4) is 0 Å². The molecule has 1 aromatic rings. The zero-order valence-corrected chi connectivity index (χ0v) is 7.01. The van der Waals surface area contributed by atoms with Crippen molar-refractivity contribution in [2.45, 2.75) is 6.17 Å². The van der Waals surface area contributed by atoms with E-state index in [1.54, 1.807) is 0 Å². The van der Waals surface area contributed by atoms with E-state index in [1.807, 2.05) is 18.5 Å². The quantitative estimate of drug-likeness (QED) is 0.638. The van der Waals surface area contributed by atoms with Gasteiger partial charge in [0.05, 0.1) is 5.69 Å². The molecule has 0 aromatic heterocycles. The second kappa shape index (κ2) is 2.36. The van der Waals surface area contributed by atoms with Crippen molar-refractivity contribution in [2.75, 3.05) is 4.90 Å².